The van der Waals surface area contributed by atoms with E-state index in [2.05, 4.69) is 12.5 Å². The number of unbranched alkanes of at least 4 members (excludes halogenated alkanes) is 18. The summed E-state index contributed by atoms with van der Waals surface area (Å²) in [6.45, 7) is 11.8. The van der Waals surface area contributed by atoms with E-state index in [0.29, 0.717) is 30.6 Å². The number of ether oxygens (including phenoxy) is 2. The van der Waals surface area contributed by atoms with Crippen LogP contribution in [0.15, 0.2) is 45.6 Å². The number of hydrogen-bond acceptors (Lipinski definition) is 12. The molecule has 0 fully saturated rings. The minimum Gasteiger partial charge on any atom is -0.507 e. The zero-order chi connectivity index (χ0) is 48.8. The fourth-order valence-electron chi connectivity index (χ4n) is 7.14. The Kier molecular flexibility index (Phi) is 36.6. The molecule has 2 rings (SSSR count). The number of carbonyl (C=O) groups excluding carboxylic acids is 2. The van der Waals surface area contributed by atoms with Gasteiger partial charge in [0.05, 0.1) is 24.4 Å². The van der Waals surface area contributed by atoms with E-state index in [9.17, 15) is 45.0 Å². The average Bonchev–Trinajstić information content (AvgIpc) is 3.23. The maximum atomic E-state index is 11.9. The molecule has 370 valence electrons. The molecule has 2 aromatic rings. The quantitative estimate of drug-likeness (QED) is 0.0171. The molecule has 0 aliphatic heterocycles. The summed E-state index contributed by atoms with van der Waals surface area (Å²) in [5.41, 5.74) is 1.29. The minimum absolute atomic E-state index is 0.0286. The molecule has 0 amide bonds. The Morgan fingerprint density at radius 1 is 0.692 bits per heavy atom. The molecule has 0 saturated heterocycles. The van der Waals surface area contributed by atoms with Crippen LogP contribution in [0, 0.1) is 19.3 Å². The van der Waals surface area contributed by atoms with Crippen LogP contribution in [0.4, 0.5) is 0 Å². The normalized spacial score (nSPS) is 12.6. The lowest BCUT2D eigenvalue weighted by Crippen LogP contribution is -2.23. The second-order valence-corrected chi connectivity index (χ2v) is 17.5. The highest BCUT2D eigenvalue weighted by Gasteiger charge is 2.17. The van der Waals surface area contributed by atoms with Gasteiger partial charge in [-0.2, -0.15) is 0 Å². The number of benzene rings is 1. The number of rotatable bonds is 33. The lowest BCUT2D eigenvalue weighted by Gasteiger charge is -2.15. The maximum Gasteiger partial charge on any atom is 0.302 e. The Labute approximate surface area is 390 Å². The standard InChI is InChI=1S/C19H36O4.C19H34O4.C15H16O4/c2*1-3-4-5-6-7-8-9-10-11-12-13-14-18(21)15-19(22)16-23-17(2)20;1-8(2)4-5-10-11(16)7-13-14(15(10)18)12(17)6-9(3)19-13/h3,18-19,21-22H,1,4-16H2,2H3;1,18-19,21-22H,4-16H2,2H3;4,6-7,16,18H,5H2,1-3H3. The molecule has 4 unspecified atom stereocenters. The molecule has 0 aliphatic carbocycles. The van der Waals surface area contributed by atoms with Crippen LogP contribution < -0.4 is 5.43 Å². The van der Waals surface area contributed by atoms with E-state index in [-0.39, 0.29) is 54.0 Å². The fraction of sp³-hybridized carbons (Fsp3) is 0.679. The molecule has 4 atom stereocenters. The van der Waals surface area contributed by atoms with Crippen LogP contribution in [-0.4, -0.2) is 80.2 Å². The molecule has 1 aromatic carbocycles. The van der Waals surface area contributed by atoms with Crippen LogP contribution in [-0.2, 0) is 25.5 Å². The summed E-state index contributed by atoms with van der Waals surface area (Å²) in [5.74, 6) is 2.01. The SMILES string of the molecule is C#CCCCCCCCCCCCC(O)CC(O)COC(C)=O.C=CCCCCCCCCCCCC(O)CC(O)COC(C)=O.CC(C)=CCc1c(O)cc2oc(C)cc(=O)c2c1O. The highest BCUT2D eigenvalue weighted by molar-refractivity contribution is 5.86. The van der Waals surface area contributed by atoms with Crippen molar-refractivity contribution >= 4 is 22.9 Å². The molecule has 1 heterocycles. The first-order valence-corrected chi connectivity index (χ1v) is 24.2. The average molecular weight is 915 g/mol. The first kappa shape index (κ1) is 60.9. The molecule has 0 bridgehead atoms. The molecule has 65 heavy (non-hydrogen) atoms. The molecule has 0 aliphatic rings. The Hall–Kier alpha value is -4.15. The van der Waals surface area contributed by atoms with Gasteiger partial charge in [0, 0.05) is 50.8 Å². The summed E-state index contributed by atoms with van der Waals surface area (Å²) in [6.07, 6.45) is 32.8. The van der Waals surface area contributed by atoms with Gasteiger partial charge in [0.15, 0.2) is 5.43 Å². The van der Waals surface area contributed by atoms with Gasteiger partial charge in [0.2, 0.25) is 0 Å². The number of carbonyl (C=O) groups is 2. The summed E-state index contributed by atoms with van der Waals surface area (Å²) in [4.78, 5) is 33.1. The van der Waals surface area contributed by atoms with Crippen molar-refractivity contribution < 1.29 is 54.1 Å². The summed E-state index contributed by atoms with van der Waals surface area (Å²) in [5, 5.41) is 59.0. The number of aryl methyl sites for hydroxylation is 1. The molecule has 0 radical (unpaired) electrons. The van der Waals surface area contributed by atoms with Gasteiger partial charge in [-0.1, -0.05) is 120 Å². The number of fused-ring (bicyclic) bond motifs is 1. The molecule has 0 saturated carbocycles. The number of aliphatic hydroxyl groups is 4. The maximum absolute atomic E-state index is 11.9. The Morgan fingerprint density at radius 2 is 1.12 bits per heavy atom. The van der Waals surface area contributed by atoms with Gasteiger partial charge in [-0.15, -0.1) is 18.9 Å². The van der Waals surface area contributed by atoms with E-state index in [4.69, 9.17) is 20.3 Å². The third-order valence-electron chi connectivity index (χ3n) is 10.8. The summed E-state index contributed by atoms with van der Waals surface area (Å²) in [7, 11) is 0. The predicted octanol–water partition coefficient (Wildman–Crippen LogP) is 10.7. The predicted molar refractivity (Wildman–Crippen MR) is 261 cm³/mol. The van der Waals surface area contributed by atoms with Crippen LogP contribution in [0.1, 0.15) is 193 Å². The summed E-state index contributed by atoms with van der Waals surface area (Å²) >= 11 is 0. The van der Waals surface area contributed by atoms with E-state index in [1.165, 1.54) is 109 Å². The van der Waals surface area contributed by atoms with Crippen molar-refractivity contribution in [3.63, 3.8) is 0 Å². The number of terminal acetylenes is 1. The topological polar surface area (TPSA) is 204 Å². The third kappa shape index (κ3) is 33.9. The smallest absolute Gasteiger partial charge is 0.302 e. The van der Waals surface area contributed by atoms with Gasteiger partial charge in [0.1, 0.15) is 41.4 Å². The largest absolute Gasteiger partial charge is 0.507 e. The van der Waals surface area contributed by atoms with Crippen LogP contribution in [0.2, 0.25) is 0 Å². The number of esters is 2. The molecule has 12 heteroatoms. The van der Waals surface area contributed by atoms with Crippen molar-refractivity contribution in [2.24, 2.45) is 0 Å². The number of aromatic hydroxyl groups is 2. The van der Waals surface area contributed by atoms with Crippen LogP contribution in [0.5, 0.6) is 11.5 Å². The minimum atomic E-state index is -0.775. The molecule has 0 spiro atoms. The summed E-state index contributed by atoms with van der Waals surface area (Å²) in [6, 6.07) is 2.70. The summed E-state index contributed by atoms with van der Waals surface area (Å²) < 4.78 is 14.8. The molecule has 12 nitrogen and oxygen atoms in total. The highest BCUT2D eigenvalue weighted by Crippen LogP contribution is 2.35. The number of phenolic OH excluding ortho intramolecular Hbond substituents is 2. The van der Waals surface area contributed by atoms with Gasteiger partial charge >= 0.3 is 11.9 Å². The first-order chi connectivity index (χ1) is 31.0. The number of phenols is 2. The van der Waals surface area contributed by atoms with E-state index < -0.39 is 36.4 Å². The number of aliphatic hydroxyl groups excluding tert-OH is 4. The van der Waals surface area contributed by atoms with E-state index in [1.54, 1.807) is 6.92 Å². The Morgan fingerprint density at radius 3 is 1.54 bits per heavy atom. The van der Waals surface area contributed by atoms with Crippen molar-refractivity contribution in [3.05, 3.63) is 58.0 Å². The first-order valence-electron chi connectivity index (χ1n) is 24.2. The van der Waals surface area contributed by atoms with Gasteiger partial charge in [-0.05, 0) is 59.3 Å². The second kappa shape index (κ2) is 39.1. The van der Waals surface area contributed by atoms with Gasteiger partial charge in [0.25, 0.3) is 0 Å². The van der Waals surface area contributed by atoms with Crippen molar-refractivity contribution in [2.75, 3.05) is 13.2 Å². The van der Waals surface area contributed by atoms with E-state index in [0.717, 1.165) is 50.5 Å². The van der Waals surface area contributed by atoms with Crippen molar-refractivity contribution in [3.8, 4) is 23.8 Å². The van der Waals surface area contributed by atoms with Crippen LogP contribution >= 0.6 is 0 Å². The van der Waals surface area contributed by atoms with Gasteiger partial charge in [-0.3, -0.25) is 14.4 Å². The van der Waals surface area contributed by atoms with Gasteiger partial charge in [-0.25, -0.2) is 0 Å². The van der Waals surface area contributed by atoms with E-state index >= 15 is 0 Å². The highest BCUT2D eigenvalue weighted by atomic mass is 16.5. The molecule has 1 aromatic heterocycles. The van der Waals surface area contributed by atoms with Crippen LogP contribution in [0.3, 0.4) is 0 Å². The lowest BCUT2D eigenvalue weighted by molar-refractivity contribution is -0.145. The monoisotopic (exact) mass is 915 g/mol. The Bertz CT molecular complexity index is 1700. The lowest BCUT2D eigenvalue weighted by atomic mass is 10.0. The molecule has 6 N–H and O–H groups in total. The zero-order valence-corrected chi connectivity index (χ0v) is 40.6. The Balaban J connectivity index is 0.000000949. The number of hydrogen-bond donors (Lipinski definition) is 6. The number of allylic oxidation sites excluding steroid dienone is 3. The van der Waals surface area contributed by atoms with Crippen LogP contribution in [0.25, 0.3) is 11.0 Å². The van der Waals surface area contributed by atoms with E-state index in [1.807, 2.05) is 26.0 Å². The second-order valence-electron chi connectivity index (χ2n) is 17.5. The van der Waals surface area contributed by atoms with Crippen molar-refractivity contribution in [2.45, 2.75) is 220 Å². The fourth-order valence-corrected chi connectivity index (χ4v) is 7.14. The third-order valence-corrected chi connectivity index (χ3v) is 10.8. The van der Waals surface area contributed by atoms with Gasteiger partial charge < -0.3 is 44.5 Å². The zero-order valence-electron chi connectivity index (χ0n) is 40.6. The molecular weight excluding hydrogens is 829 g/mol. The van der Waals surface area contributed by atoms with Crippen molar-refractivity contribution in [1.82, 2.24) is 0 Å². The van der Waals surface area contributed by atoms with Crippen molar-refractivity contribution in [1.29, 1.82) is 0 Å². The molecular formula is C53H86O12.